The molecule has 2 radical (unpaired) electrons. The molecule has 2 aromatic carbocycles. The third-order valence-corrected chi connectivity index (χ3v) is 4.53. The molecule has 6 heteroatoms. The van der Waals surface area contributed by atoms with E-state index in [1.165, 1.54) is 5.56 Å². The topological polar surface area (TPSA) is 45.3 Å². The first-order valence-electron chi connectivity index (χ1n) is 7.71. The summed E-state index contributed by atoms with van der Waals surface area (Å²) in [6.45, 7) is 1.11. The third kappa shape index (κ3) is 2.76. The van der Waals surface area contributed by atoms with Gasteiger partial charge in [-0.1, -0.05) is 29.2 Å². The van der Waals surface area contributed by atoms with Gasteiger partial charge in [-0.2, -0.15) is 0 Å². The second-order valence-corrected chi connectivity index (χ2v) is 6.32. The molecule has 0 bridgehead atoms. The maximum atomic E-state index is 12.4. The van der Waals surface area contributed by atoms with Crippen LogP contribution >= 0.6 is 11.6 Å². The number of aromatic amines is 1. The molecule has 1 aliphatic heterocycles. The predicted octanol–water partition coefficient (Wildman–Crippen LogP) is 3.17. The Hall–Kier alpha value is -2.40. The molecule has 1 aromatic heterocycles. The summed E-state index contributed by atoms with van der Waals surface area (Å²) < 4.78 is 5.41. The molecule has 0 saturated carbocycles. The van der Waals surface area contributed by atoms with Crippen LogP contribution in [-0.4, -0.2) is 30.4 Å². The Morgan fingerprint density at radius 1 is 1.21 bits per heavy atom. The van der Waals surface area contributed by atoms with Crippen molar-refractivity contribution in [3.05, 3.63) is 58.7 Å². The van der Waals surface area contributed by atoms with Crippen LogP contribution in [0.15, 0.2) is 42.5 Å². The Labute approximate surface area is 145 Å². The fourth-order valence-electron chi connectivity index (χ4n) is 3.08. The second kappa shape index (κ2) is 5.91. The number of rotatable bonds is 1. The summed E-state index contributed by atoms with van der Waals surface area (Å²) in [4.78, 5) is 17.4. The van der Waals surface area contributed by atoms with Crippen LogP contribution in [0.5, 0.6) is 5.75 Å². The molecule has 3 aromatic rings. The van der Waals surface area contributed by atoms with Crippen LogP contribution in [0, 0.1) is 0 Å². The number of fused-ring (bicyclic) bond motifs is 3. The van der Waals surface area contributed by atoms with Gasteiger partial charge in [0.25, 0.3) is 0 Å². The van der Waals surface area contributed by atoms with Gasteiger partial charge in [0.05, 0.1) is 6.54 Å². The van der Waals surface area contributed by atoms with Crippen LogP contribution in [0.4, 0.5) is 4.79 Å². The first-order chi connectivity index (χ1) is 11.6. The summed E-state index contributed by atoms with van der Waals surface area (Å²) in [5.41, 5.74) is 4.05. The Balaban J connectivity index is 1.54. The van der Waals surface area contributed by atoms with Crippen molar-refractivity contribution >= 4 is 41.9 Å². The van der Waals surface area contributed by atoms with Crippen molar-refractivity contribution in [3.63, 3.8) is 0 Å². The fourth-order valence-corrected chi connectivity index (χ4v) is 3.21. The molecule has 24 heavy (non-hydrogen) atoms. The third-order valence-electron chi connectivity index (χ3n) is 4.28. The minimum atomic E-state index is -0.360. The van der Waals surface area contributed by atoms with Crippen LogP contribution in [-0.2, 0) is 13.0 Å². The van der Waals surface area contributed by atoms with Crippen LogP contribution in [0.25, 0.3) is 10.9 Å². The lowest BCUT2D eigenvalue weighted by Gasteiger charge is -2.26. The van der Waals surface area contributed by atoms with Crippen molar-refractivity contribution in [2.75, 3.05) is 6.54 Å². The van der Waals surface area contributed by atoms with Crippen molar-refractivity contribution in [1.29, 1.82) is 0 Å². The Morgan fingerprint density at radius 3 is 2.79 bits per heavy atom. The van der Waals surface area contributed by atoms with Crippen LogP contribution < -0.4 is 10.2 Å². The average Bonchev–Trinajstić information content (AvgIpc) is 2.94. The van der Waals surface area contributed by atoms with Gasteiger partial charge < -0.3 is 14.6 Å². The van der Waals surface area contributed by atoms with Gasteiger partial charge in [0.15, 0.2) is 0 Å². The number of ether oxygens (including phenoxy) is 1. The van der Waals surface area contributed by atoms with E-state index in [9.17, 15) is 4.79 Å². The van der Waals surface area contributed by atoms with Crippen molar-refractivity contribution in [1.82, 2.24) is 9.88 Å². The summed E-state index contributed by atoms with van der Waals surface area (Å²) in [6.07, 6.45) is 0.412. The highest BCUT2D eigenvalue weighted by molar-refractivity contribution is 6.33. The monoisotopic (exact) mass is 336 g/mol. The van der Waals surface area contributed by atoms with E-state index in [2.05, 4.69) is 4.98 Å². The zero-order valence-corrected chi connectivity index (χ0v) is 13.6. The molecular weight excluding hydrogens is 322 g/mol. The normalized spacial score (nSPS) is 13.8. The van der Waals surface area contributed by atoms with E-state index in [1.807, 2.05) is 18.2 Å². The molecule has 4 rings (SSSR count). The quantitative estimate of drug-likeness (QED) is 0.694. The highest BCUT2D eigenvalue weighted by Crippen LogP contribution is 2.27. The Morgan fingerprint density at radius 2 is 2.00 bits per heavy atom. The van der Waals surface area contributed by atoms with Crippen LogP contribution in [0.3, 0.4) is 0 Å². The Bertz CT molecular complexity index is 921. The zero-order chi connectivity index (χ0) is 16.7. The summed E-state index contributed by atoms with van der Waals surface area (Å²) >= 11 is 5.84. The maximum absolute atomic E-state index is 12.4. The van der Waals surface area contributed by atoms with Crippen LogP contribution in [0.2, 0.25) is 5.02 Å². The smallest absolute Gasteiger partial charge is 0.410 e. The van der Waals surface area contributed by atoms with E-state index in [-0.39, 0.29) is 6.09 Å². The SMILES string of the molecule is [B]c1ccc2[nH]c3c(c2c1)CCN(C(=O)Oc1ccc(Cl)cc1)C3. The van der Waals surface area contributed by atoms with E-state index >= 15 is 0 Å². The summed E-state index contributed by atoms with van der Waals surface area (Å²) in [6, 6.07) is 12.6. The number of nitrogens with one attached hydrogen (secondary N) is 1. The lowest BCUT2D eigenvalue weighted by molar-refractivity contribution is 0.146. The maximum Gasteiger partial charge on any atom is 0.415 e. The largest absolute Gasteiger partial charge is 0.415 e. The molecular formula is C18H14BClN2O2. The highest BCUT2D eigenvalue weighted by Gasteiger charge is 2.25. The average molecular weight is 337 g/mol. The van der Waals surface area contributed by atoms with Crippen molar-refractivity contribution in [3.8, 4) is 5.75 Å². The Kier molecular flexibility index (Phi) is 3.73. The lowest BCUT2D eigenvalue weighted by Crippen LogP contribution is -2.37. The van der Waals surface area contributed by atoms with Crippen molar-refractivity contribution < 1.29 is 9.53 Å². The van der Waals surface area contributed by atoms with Gasteiger partial charge in [0, 0.05) is 28.2 Å². The highest BCUT2D eigenvalue weighted by atomic mass is 35.5. The van der Waals surface area contributed by atoms with Gasteiger partial charge in [0.1, 0.15) is 13.6 Å². The van der Waals surface area contributed by atoms with E-state index in [0.717, 1.165) is 28.5 Å². The van der Waals surface area contributed by atoms with Crippen molar-refractivity contribution in [2.24, 2.45) is 0 Å². The minimum Gasteiger partial charge on any atom is -0.410 e. The molecule has 0 spiro atoms. The van der Waals surface area contributed by atoms with Gasteiger partial charge >= 0.3 is 6.09 Å². The zero-order valence-electron chi connectivity index (χ0n) is 12.9. The number of aromatic nitrogens is 1. The van der Waals surface area contributed by atoms with Gasteiger partial charge in [-0.05, 0) is 42.3 Å². The molecule has 0 atom stereocenters. The fraction of sp³-hybridized carbons (Fsp3) is 0.167. The van der Waals surface area contributed by atoms with E-state index in [1.54, 1.807) is 29.2 Å². The van der Waals surface area contributed by atoms with Crippen molar-refractivity contribution in [2.45, 2.75) is 13.0 Å². The predicted molar refractivity (Wildman–Crippen MR) is 95.3 cm³/mol. The van der Waals surface area contributed by atoms with E-state index < -0.39 is 0 Å². The standard InChI is InChI=1S/C18H14BClN2O2/c19-11-1-6-16-15(9-11)14-7-8-22(10-17(14)21-16)18(23)24-13-4-2-12(20)3-5-13/h1-6,9,21H,7-8,10H2. The molecule has 1 amide bonds. The van der Waals surface area contributed by atoms with E-state index in [0.29, 0.717) is 23.9 Å². The summed E-state index contributed by atoms with van der Waals surface area (Å²) in [5.74, 6) is 0.486. The van der Waals surface area contributed by atoms with Gasteiger partial charge in [-0.25, -0.2) is 4.79 Å². The molecule has 4 nitrogen and oxygen atoms in total. The molecule has 0 aliphatic carbocycles. The molecule has 0 saturated heterocycles. The number of hydrogen-bond acceptors (Lipinski definition) is 2. The van der Waals surface area contributed by atoms with Crippen LogP contribution in [0.1, 0.15) is 11.3 Å². The number of hydrogen-bond donors (Lipinski definition) is 1. The molecule has 0 fully saturated rings. The minimum absolute atomic E-state index is 0.360. The van der Waals surface area contributed by atoms with Gasteiger partial charge in [-0.3, -0.25) is 0 Å². The molecule has 1 N–H and O–H groups in total. The number of carbonyl (C=O) groups excluding carboxylic acids is 1. The van der Waals surface area contributed by atoms with Gasteiger partial charge in [0.2, 0.25) is 0 Å². The molecule has 118 valence electrons. The number of H-pyrrole nitrogens is 1. The summed E-state index contributed by atoms with van der Waals surface area (Å²) in [5, 5.41) is 1.74. The van der Waals surface area contributed by atoms with Gasteiger partial charge in [-0.15, -0.1) is 0 Å². The number of halogens is 1. The molecule has 1 aliphatic rings. The second-order valence-electron chi connectivity index (χ2n) is 5.88. The molecule has 0 unspecified atom stereocenters. The molecule has 2 heterocycles. The number of amides is 1. The summed E-state index contributed by atoms with van der Waals surface area (Å²) in [7, 11) is 5.88. The number of carbonyl (C=O) groups is 1. The van der Waals surface area contributed by atoms with E-state index in [4.69, 9.17) is 24.2 Å². The first-order valence-corrected chi connectivity index (χ1v) is 8.09. The number of benzene rings is 2. The first kappa shape index (κ1) is 15.2. The lowest BCUT2D eigenvalue weighted by atomic mass is 9.93. The number of nitrogens with zero attached hydrogens (tertiary/aromatic N) is 1.